The molecule has 0 aliphatic heterocycles. The molecule has 82 valence electrons. The summed E-state index contributed by atoms with van der Waals surface area (Å²) in [5.74, 6) is 0. The molecule has 0 bridgehead atoms. The summed E-state index contributed by atoms with van der Waals surface area (Å²) in [5, 5.41) is 10.1. The van der Waals surface area contributed by atoms with Gasteiger partial charge in [-0.25, -0.2) is 0 Å². The first-order chi connectivity index (χ1) is 6.86. The molecule has 0 fully saturated rings. The predicted molar refractivity (Wildman–Crippen MR) is 65.9 cm³/mol. The number of hydrogen-bond acceptors (Lipinski definition) is 1. The second-order valence-electron chi connectivity index (χ2n) is 4.58. The monoisotopic (exact) mass is 204 g/mol. The lowest BCUT2D eigenvalue weighted by molar-refractivity contribution is 0.143. The molecule has 15 heavy (non-hydrogen) atoms. The van der Waals surface area contributed by atoms with Crippen molar-refractivity contribution < 1.29 is 5.11 Å². The third kappa shape index (κ3) is 2.69. The molecular weight excluding hydrogens is 184 g/mol. The number of benzene rings is 1. The topological polar surface area (TPSA) is 20.2 Å². The van der Waals surface area contributed by atoms with Gasteiger partial charge < -0.3 is 5.11 Å². The van der Waals surface area contributed by atoms with Crippen LogP contribution in [0, 0.1) is 13.8 Å². The van der Waals surface area contributed by atoms with Crippen molar-refractivity contribution in [1.82, 2.24) is 0 Å². The molecule has 1 rings (SSSR count). The van der Waals surface area contributed by atoms with E-state index in [0.717, 1.165) is 11.1 Å². The molecule has 1 heteroatoms. The lowest BCUT2D eigenvalue weighted by atomic mass is 9.88. The van der Waals surface area contributed by atoms with E-state index in [9.17, 15) is 5.11 Å². The number of allylic oxidation sites excluding steroid dienone is 1. The van der Waals surface area contributed by atoms with Crippen LogP contribution in [0.5, 0.6) is 0 Å². The van der Waals surface area contributed by atoms with Crippen molar-refractivity contribution in [2.24, 2.45) is 0 Å². The molecule has 0 heterocycles. The van der Waals surface area contributed by atoms with Gasteiger partial charge in [-0.05, 0) is 51.3 Å². The van der Waals surface area contributed by atoms with Gasteiger partial charge in [-0.15, -0.1) is 0 Å². The van der Waals surface area contributed by atoms with Gasteiger partial charge in [0.05, 0.1) is 5.60 Å². The maximum atomic E-state index is 10.1. The Morgan fingerprint density at radius 2 is 1.87 bits per heavy atom. The molecule has 1 N–H and O–H groups in total. The van der Waals surface area contributed by atoms with Crippen molar-refractivity contribution in [2.45, 2.75) is 40.2 Å². The van der Waals surface area contributed by atoms with E-state index in [1.165, 1.54) is 11.1 Å². The van der Waals surface area contributed by atoms with Crippen LogP contribution in [0.25, 0.3) is 5.57 Å². The molecule has 0 saturated carbocycles. The fourth-order valence-corrected chi connectivity index (χ4v) is 1.86. The van der Waals surface area contributed by atoms with Crippen LogP contribution >= 0.6 is 0 Å². The summed E-state index contributed by atoms with van der Waals surface area (Å²) < 4.78 is 0. The summed E-state index contributed by atoms with van der Waals surface area (Å²) >= 11 is 0. The molecule has 0 radical (unpaired) electrons. The standard InChI is InChI=1S/C14H20O/c1-6-13(14(4,5)15)12-9-10(2)7-8-11(12)3/h6-9,15H,1-5H3/b13-6+. The van der Waals surface area contributed by atoms with E-state index in [4.69, 9.17) is 0 Å². The summed E-state index contributed by atoms with van der Waals surface area (Å²) in [6.07, 6.45) is 1.99. The van der Waals surface area contributed by atoms with Crippen LogP contribution in [0.4, 0.5) is 0 Å². The minimum Gasteiger partial charge on any atom is -0.386 e. The molecule has 0 aromatic heterocycles. The predicted octanol–water partition coefficient (Wildman–Crippen LogP) is 3.48. The number of aliphatic hydroxyl groups is 1. The van der Waals surface area contributed by atoms with Crippen LogP contribution in [-0.2, 0) is 0 Å². The highest BCUT2D eigenvalue weighted by Crippen LogP contribution is 2.29. The lowest BCUT2D eigenvalue weighted by Crippen LogP contribution is -2.21. The van der Waals surface area contributed by atoms with E-state index in [-0.39, 0.29) is 0 Å². The lowest BCUT2D eigenvalue weighted by Gasteiger charge is -2.23. The average molecular weight is 204 g/mol. The molecule has 1 aromatic carbocycles. The normalized spacial score (nSPS) is 13.1. The van der Waals surface area contributed by atoms with E-state index >= 15 is 0 Å². The fourth-order valence-electron chi connectivity index (χ4n) is 1.86. The van der Waals surface area contributed by atoms with Crippen LogP contribution < -0.4 is 0 Å². The van der Waals surface area contributed by atoms with E-state index in [1.807, 2.05) is 26.8 Å². The maximum absolute atomic E-state index is 10.1. The van der Waals surface area contributed by atoms with Crippen LogP contribution in [0.1, 0.15) is 37.5 Å². The van der Waals surface area contributed by atoms with Crippen molar-refractivity contribution in [1.29, 1.82) is 0 Å². The minimum absolute atomic E-state index is 0.784. The van der Waals surface area contributed by atoms with Crippen molar-refractivity contribution in [3.8, 4) is 0 Å². The number of aryl methyl sites for hydroxylation is 2. The highest BCUT2D eigenvalue weighted by molar-refractivity contribution is 5.73. The van der Waals surface area contributed by atoms with E-state index in [2.05, 4.69) is 32.0 Å². The summed E-state index contributed by atoms with van der Waals surface area (Å²) in [6, 6.07) is 6.32. The van der Waals surface area contributed by atoms with Crippen molar-refractivity contribution in [3.63, 3.8) is 0 Å². The Morgan fingerprint density at radius 3 is 2.33 bits per heavy atom. The van der Waals surface area contributed by atoms with Gasteiger partial charge in [0.25, 0.3) is 0 Å². The highest BCUT2D eigenvalue weighted by Gasteiger charge is 2.21. The van der Waals surface area contributed by atoms with Crippen LogP contribution in [0.3, 0.4) is 0 Å². The first-order valence-electron chi connectivity index (χ1n) is 5.33. The van der Waals surface area contributed by atoms with Crippen LogP contribution in [-0.4, -0.2) is 10.7 Å². The van der Waals surface area contributed by atoms with Crippen molar-refractivity contribution in [2.75, 3.05) is 0 Å². The van der Waals surface area contributed by atoms with Gasteiger partial charge in [0.2, 0.25) is 0 Å². The third-order valence-corrected chi connectivity index (χ3v) is 2.63. The summed E-state index contributed by atoms with van der Waals surface area (Å²) in [6.45, 7) is 9.76. The first kappa shape index (κ1) is 12.0. The third-order valence-electron chi connectivity index (χ3n) is 2.63. The second-order valence-corrected chi connectivity index (χ2v) is 4.58. The zero-order valence-corrected chi connectivity index (χ0v) is 10.3. The minimum atomic E-state index is -0.784. The number of rotatable bonds is 2. The highest BCUT2D eigenvalue weighted by atomic mass is 16.3. The maximum Gasteiger partial charge on any atom is 0.0843 e. The zero-order chi connectivity index (χ0) is 11.6. The number of hydrogen-bond donors (Lipinski definition) is 1. The fraction of sp³-hybridized carbons (Fsp3) is 0.429. The van der Waals surface area contributed by atoms with Gasteiger partial charge in [0, 0.05) is 0 Å². The van der Waals surface area contributed by atoms with Gasteiger partial charge in [0.1, 0.15) is 0 Å². The van der Waals surface area contributed by atoms with E-state index < -0.39 is 5.60 Å². The SMILES string of the molecule is C/C=C(\c1cc(C)ccc1C)C(C)(C)O. The molecule has 0 amide bonds. The van der Waals surface area contributed by atoms with Crippen molar-refractivity contribution >= 4 is 5.57 Å². The summed E-state index contributed by atoms with van der Waals surface area (Å²) in [4.78, 5) is 0. The Morgan fingerprint density at radius 1 is 1.27 bits per heavy atom. The average Bonchev–Trinajstić information content (AvgIpc) is 2.10. The molecule has 0 atom stereocenters. The molecule has 0 unspecified atom stereocenters. The Labute approximate surface area is 92.5 Å². The second kappa shape index (κ2) is 4.19. The van der Waals surface area contributed by atoms with Gasteiger partial charge in [-0.1, -0.05) is 29.8 Å². The molecule has 1 aromatic rings. The van der Waals surface area contributed by atoms with Gasteiger partial charge in [0.15, 0.2) is 0 Å². The molecule has 0 aliphatic carbocycles. The Kier molecular flexibility index (Phi) is 3.35. The Bertz CT molecular complexity index is 381. The summed E-state index contributed by atoms with van der Waals surface area (Å²) in [5.41, 5.74) is 3.77. The van der Waals surface area contributed by atoms with E-state index in [0.29, 0.717) is 0 Å². The summed E-state index contributed by atoms with van der Waals surface area (Å²) in [7, 11) is 0. The van der Waals surface area contributed by atoms with Gasteiger partial charge in [-0.3, -0.25) is 0 Å². The van der Waals surface area contributed by atoms with E-state index in [1.54, 1.807) is 0 Å². The zero-order valence-electron chi connectivity index (χ0n) is 10.3. The Hall–Kier alpha value is -1.08. The molecule has 1 nitrogen and oxygen atoms in total. The van der Waals surface area contributed by atoms with Crippen molar-refractivity contribution in [3.05, 3.63) is 41.0 Å². The van der Waals surface area contributed by atoms with Crippen LogP contribution in [0.15, 0.2) is 24.3 Å². The molecule has 0 saturated heterocycles. The quantitative estimate of drug-likeness (QED) is 0.782. The smallest absolute Gasteiger partial charge is 0.0843 e. The first-order valence-corrected chi connectivity index (χ1v) is 5.33. The van der Waals surface area contributed by atoms with Gasteiger partial charge in [-0.2, -0.15) is 0 Å². The molecular formula is C14H20O. The molecule has 0 spiro atoms. The largest absolute Gasteiger partial charge is 0.386 e. The van der Waals surface area contributed by atoms with Gasteiger partial charge >= 0.3 is 0 Å². The molecule has 0 aliphatic rings. The van der Waals surface area contributed by atoms with Crippen LogP contribution in [0.2, 0.25) is 0 Å². The Balaban J connectivity index is 3.31.